The molecule has 124 valence electrons. The summed E-state index contributed by atoms with van der Waals surface area (Å²) < 4.78 is 36.3. The van der Waals surface area contributed by atoms with Gasteiger partial charge in [-0.25, -0.2) is 0 Å². The van der Waals surface area contributed by atoms with E-state index in [1.807, 2.05) is 24.3 Å². The highest BCUT2D eigenvalue weighted by Gasteiger charge is 2.34. The van der Waals surface area contributed by atoms with Crippen LogP contribution in [0.15, 0.2) is 42.5 Å². The van der Waals surface area contributed by atoms with Gasteiger partial charge in [0, 0.05) is 13.1 Å². The fourth-order valence-corrected chi connectivity index (χ4v) is 1.70. The van der Waals surface area contributed by atoms with Gasteiger partial charge in [-0.2, -0.15) is 13.2 Å². The number of aromatic hydroxyl groups is 1. The van der Waals surface area contributed by atoms with Crippen molar-refractivity contribution in [1.29, 1.82) is 0 Å². The molecule has 2 aromatic rings. The minimum Gasteiger partial charge on any atom is -0.507 e. The quantitative estimate of drug-likeness (QED) is 0.757. The van der Waals surface area contributed by atoms with Crippen LogP contribution >= 0.6 is 0 Å². The summed E-state index contributed by atoms with van der Waals surface area (Å²) in [6.07, 6.45) is -4.46. The zero-order valence-corrected chi connectivity index (χ0v) is 12.2. The van der Waals surface area contributed by atoms with E-state index in [2.05, 4.69) is 0 Å². The number of benzene rings is 2. The number of carbonyl (C=O) groups is 1. The van der Waals surface area contributed by atoms with Crippen molar-refractivity contribution < 1.29 is 23.1 Å². The van der Waals surface area contributed by atoms with Crippen LogP contribution in [-0.4, -0.2) is 11.4 Å². The molecular weight excluding hydrogens is 309 g/mol. The summed E-state index contributed by atoms with van der Waals surface area (Å²) >= 11 is 0. The first kappa shape index (κ1) is 18.7. The fourth-order valence-electron chi connectivity index (χ4n) is 1.70. The van der Waals surface area contributed by atoms with Crippen LogP contribution in [0, 0.1) is 0 Å². The molecule has 2 rings (SSSR count). The number of aldehydes is 1. The fraction of sp³-hybridized carbons (Fsp3) is 0.188. The minimum atomic E-state index is -4.64. The van der Waals surface area contributed by atoms with Crippen LogP contribution < -0.4 is 11.5 Å². The van der Waals surface area contributed by atoms with E-state index in [9.17, 15) is 18.0 Å². The summed E-state index contributed by atoms with van der Waals surface area (Å²) in [5.74, 6) is -1.02. The summed E-state index contributed by atoms with van der Waals surface area (Å²) in [5, 5.41) is 8.97. The van der Waals surface area contributed by atoms with Crippen molar-refractivity contribution in [3.63, 3.8) is 0 Å². The Hall–Kier alpha value is -2.38. The largest absolute Gasteiger partial charge is 0.507 e. The highest BCUT2D eigenvalue weighted by atomic mass is 19.4. The first-order valence-corrected chi connectivity index (χ1v) is 6.65. The second kappa shape index (κ2) is 8.30. The van der Waals surface area contributed by atoms with Gasteiger partial charge in [-0.05, 0) is 23.3 Å². The minimum absolute atomic E-state index is 0.171. The van der Waals surface area contributed by atoms with Gasteiger partial charge < -0.3 is 16.6 Å². The molecule has 0 bridgehead atoms. The molecular formula is C16H17F3N2O2. The van der Waals surface area contributed by atoms with Crippen molar-refractivity contribution >= 4 is 6.29 Å². The van der Waals surface area contributed by atoms with Crippen LogP contribution in [0.25, 0.3) is 0 Å². The van der Waals surface area contributed by atoms with Crippen LogP contribution in [0.1, 0.15) is 27.0 Å². The summed E-state index contributed by atoms with van der Waals surface area (Å²) in [6.45, 7) is 1.20. The highest BCUT2D eigenvalue weighted by molar-refractivity contribution is 5.80. The smallest absolute Gasteiger partial charge is 0.419 e. The molecule has 0 fully saturated rings. The van der Waals surface area contributed by atoms with Gasteiger partial charge in [0.2, 0.25) is 0 Å². The summed E-state index contributed by atoms with van der Waals surface area (Å²) in [7, 11) is 0. The molecule has 2 aromatic carbocycles. The zero-order chi connectivity index (χ0) is 17.5. The SMILES string of the molecule is NCc1ccc(CN)cc1.O=Cc1cccc(C(F)(F)F)c1O. The predicted molar refractivity (Wildman–Crippen MR) is 80.7 cm³/mol. The molecule has 7 heteroatoms. The molecule has 5 N–H and O–H groups in total. The van der Waals surface area contributed by atoms with E-state index in [1.54, 1.807) is 0 Å². The Labute approximate surface area is 131 Å². The molecule has 0 spiro atoms. The van der Waals surface area contributed by atoms with Crippen LogP contribution in [0.5, 0.6) is 5.75 Å². The zero-order valence-electron chi connectivity index (χ0n) is 12.2. The van der Waals surface area contributed by atoms with Crippen molar-refractivity contribution in [2.24, 2.45) is 11.5 Å². The van der Waals surface area contributed by atoms with E-state index in [-0.39, 0.29) is 11.8 Å². The molecule has 0 saturated heterocycles. The van der Waals surface area contributed by atoms with E-state index in [4.69, 9.17) is 16.6 Å². The Bertz CT molecular complexity index is 618. The molecule has 0 aliphatic heterocycles. The van der Waals surface area contributed by atoms with Gasteiger partial charge in [-0.3, -0.25) is 4.79 Å². The van der Waals surface area contributed by atoms with Crippen LogP contribution in [-0.2, 0) is 19.3 Å². The first-order chi connectivity index (χ1) is 10.8. The summed E-state index contributed by atoms with van der Waals surface area (Å²) in [5.41, 5.74) is 11.6. The Morgan fingerprint density at radius 2 is 1.43 bits per heavy atom. The molecule has 0 heterocycles. The van der Waals surface area contributed by atoms with Gasteiger partial charge in [0.15, 0.2) is 6.29 Å². The van der Waals surface area contributed by atoms with E-state index in [0.717, 1.165) is 23.3 Å². The number of rotatable bonds is 3. The lowest BCUT2D eigenvalue weighted by molar-refractivity contribution is -0.138. The van der Waals surface area contributed by atoms with Gasteiger partial charge in [-0.15, -0.1) is 0 Å². The van der Waals surface area contributed by atoms with Crippen LogP contribution in [0.4, 0.5) is 13.2 Å². The third-order valence-electron chi connectivity index (χ3n) is 2.99. The van der Waals surface area contributed by atoms with E-state index < -0.39 is 17.5 Å². The number of nitrogens with two attached hydrogens (primary N) is 2. The normalized spacial score (nSPS) is 10.7. The van der Waals surface area contributed by atoms with Gasteiger partial charge in [0.05, 0.1) is 11.1 Å². The molecule has 0 amide bonds. The molecule has 0 saturated carbocycles. The maximum atomic E-state index is 12.1. The molecule has 0 radical (unpaired) electrons. The third-order valence-corrected chi connectivity index (χ3v) is 2.99. The number of alkyl halides is 3. The standard InChI is InChI=1S/C8H5F3O2.C8H12N2/c9-8(10,11)6-3-1-2-5(4-12)7(6)13;9-5-7-1-2-8(6-10)4-3-7/h1-4,13H;1-4H,5-6,9-10H2. The maximum Gasteiger partial charge on any atom is 0.419 e. The van der Waals surface area contributed by atoms with Crippen molar-refractivity contribution in [2.75, 3.05) is 0 Å². The van der Waals surface area contributed by atoms with E-state index in [1.165, 1.54) is 0 Å². The van der Waals surface area contributed by atoms with Crippen molar-refractivity contribution in [1.82, 2.24) is 0 Å². The number of halogens is 3. The van der Waals surface area contributed by atoms with Gasteiger partial charge in [-0.1, -0.05) is 30.3 Å². The van der Waals surface area contributed by atoms with Crippen molar-refractivity contribution in [3.05, 3.63) is 64.7 Å². The number of phenolic OH excluding ortho intramolecular Hbond substituents is 1. The van der Waals surface area contributed by atoms with Gasteiger partial charge in [0.25, 0.3) is 0 Å². The lowest BCUT2D eigenvalue weighted by atomic mass is 10.1. The number of phenols is 1. The molecule has 0 aliphatic rings. The van der Waals surface area contributed by atoms with Crippen molar-refractivity contribution in [3.8, 4) is 5.75 Å². The number of hydrogen-bond donors (Lipinski definition) is 3. The number of carbonyl (C=O) groups excluding carboxylic acids is 1. The van der Waals surface area contributed by atoms with Gasteiger partial charge in [0.1, 0.15) is 5.75 Å². The molecule has 4 nitrogen and oxygen atoms in total. The average molecular weight is 326 g/mol. The van der Waals surface area contributed by atoms with Gasteiger partial charge >= 0.3 is 6.18 Å². The Balaban J connectivity index is 0.000000238. The molecule has 0 atom stereocenters. The molecule has 0 unspecified atom stereocenters. The maximum absolute atomic E-state index is 12.1. The average Bonchev–Trinajstić information content (AvgIpc) is 2.54. The second-order valence-corrected chi connectivity index (χ2v) is 4.58. The molecule has 0 aliphatic carbocycles. The lowest BCUT2D eigenvalue weighted by Crippen LogP contribution is -2.05. The Kier molecular flexibility index (Phi) is 6.74. The first-order valence-electron chi connectivity index (χ1n) is 6.65. The highest BCUT2D eigenvalue weighted by Crippen LogP contribution is 2.36. The number of para-hydroxylation sites is 1. The second-order valence-electron chi connectivity index (χ2n) is 4.58. The Morgan fingerprint density at radius 3 is 1.78 bits per heavy atom. The monoisotopic (exact) mass is 326 g/mol. The molecule has 23 heavy (non-hydrogen) atoms. The van der Waals surface area contributed by atoms with E-state index >= 15 is 0 Å². The van der Waals surface area contributed by atoms with Crippen LogP contribution in [0.2, 0.25) is 0 Å². The lowest BCUT2D eigenvalue weighted by Gasteiger charge is -2.09. The summed E-state index contributed by atoms with van der Waals surface area (Å²) in [6, 6.07) is 10.9. The summed E-state index contributed by atoms with van der Waals surface area (Å²) in [4.78, 5) is 10.2. The molecule has 0 aromatic heterocycles. The Morgan fingerprint density at radius 1 is 0.957 bits per heavy atom. The third kappa shape index (κ3) is 5.39. The van der Waals surface area contributed by atoms with E-state index in [0.29, 0.717) is 19.2 Å². The van der Waals surface area contributed by atoms with Crippen molar-refractivity contribution in [2.45, 2.75) is 19.3 Å². The van der Waals surface area contributed by atoms with Crippen LogP contribution in [0.3, 0.4) is 0 Å². The predicted octanol–water partition coefficient (Wildman–Crippen LogP) is 2.83. The number of hydrogen-bond acceptors (Lipinski definition) is 4. The topological polar surface area (TPSA) is 89.3 Å².